The summed E-state index contributed by atoms with van der Waals surface area (Å²) >= 11 is 0. The quantitative estimate of drug-likeness (QED) is 0.804. The Morgan fingerprint density at radius 2 is 2.05 bits per heavy atom. The van der Waals surface area contributed by atoms with Gasteiger partial charge in [0.2, 0.25) is 5.91 Å². The summed E-state index contributed by atoms with van der Waals surface area (Å²) in [5.41, 5.74) is 5.29. The Balaban J connectivity index is 0.00000200. The number of benzene rings is 1. The van der Waals surface area contributed by atoms with Gasteiger partial charge in [0.1, 0.15) is 11.8 Å². The second-order valence-electron chi connectivity index (χ2n) is 4.31. The van der Waals surface area contributed by atoms with Crippen LogP contribution in [0.2, 0.25) is 0 Å². The van der Waals surface area contributed by atoms with Crippen LogP contribution in [0.4, 0.5) is 0 Å². The SMILES string of the molecule is Cl.NC(=O)C1CNCCN1C(=O)COc1ccccc1. The summed E-state index contributed by atoms with van der Waals surface area (Å²) in [6, 6.07) is 8.48. The first-order valence-electron chi connectivity index (χ1n) is 6.16. The number of halogens is 1. The molecule has 0 aromatic heterocycles. The molecule has 7 heteroatoms. The second-order valence-corrected chi connectivity index (χ2v) is 4.31. The van der Waals surface area contributed by atoms with Gasteiger partial charge in [-0.2, -0.15) is 0 Å². The summed E-state index contributed by atoms with van der Waals surface area (Å²) < 4.78 is 5.39. The number of carbonyl (C=O) groups excluding carboxylic acids is 2. The Kier molecular flexibility index (Phi) is 6.27. The standard InChI is InChI=1S/C13H17N3O3.ClH/c14-13(18)11-8-15-6-7-16(11)12(17)9-19-10-4-2-1-3-5-10;/h1-5,11,15H,6-9H2,(H2,14,18);1H. The maximum atomic E-state index is 12.1. The van der Waals surface area contributed by atoms with Crippen LogP contribution in [0.1, 0.15) is 0 Å². The molecule has 6 nitrogen and oxygen atoms in total. The van der Waals surface area contributed by atoms with E-state index < -0.39 is 11.9 Å². The molecule has 3 N–H and O–H groups in total. The Morgan fingerprint density at radius 1 is 1.35 bits per heavy atom. The molecular formula is C13H18ClN3O3. The van der Waals surface area contributed by atoms with Crippen LogP contribution < -0.4 is 15.8 Å². The Bertz CT molecular complexity index is 455. The highest BCUT2D eigenvalue weighted by molar-refractivity contribution is 5.87. The molecule has 1 heterocycles. The molecule has 1 aliphatic heterocycles. The smallest absolute Gasteiger partial charge is 0.261 e. The first-order valence-corrected chi connectivity index (χ1v) is 6.16. The van der Waals surface area contributed by atoms with Gasteiger partial charge in [0.15, 0.2) is 6.61 Å². The lowest BCUT2D eigenvalue weighted by Crippen LogP contribution is -2.59. The zero-order valence-electron chi connectivity index (χ0n) is 11.0. The Hall–Kier alpha value is -1.79. The molecule has 1 aromatic rings. The second kappa shape index (κ2) is 7.72. The van der Waals surface area contributed by atoms with Crippen molar-refractivity contribution in [3.8, 4) is 5.75 Å². The number of primary amides is 1. The maximum absolute atomic E-state index is 12.1. The number of carbonyl (C=O) groups is 2. The van der Waals surface area contributed by atoms with Crippen molar-refractivity contribution in [2.75, 3.05) is 26.2 Å². The number of amides is 2. The lowest BCUT2D eigenvalue weighted by atomic mass is 10.2. The van der Waals surface area contributed by atoms with Gasteiger partial charge in [-0.05, 0) is 12.1 Å². The molecule has 1 atom stereocenters. The van der Waals surface area contributed by atoms with E-state index in [4.69, 9.17) is 10.5 Å². The van der Waals surface area contributed by atoms with E-state index in [1.807, 2.05) is 18.2 Å². The zero-order chi connectivity index (χ0) is 13.7. The summed E-state index contributed by atoms with van der Waals surface area (Å²) in [6.45, 7) is 1.42. The number of hydrogen-bond donors (Lipinski definition) is 2. The average molecular weight is 300 g/mol. The number of ether oxygens (including phenoxy) is 1. The van der Waals surface area contributed by atoms with Crippen molar-refractivity contribution >= 4 is 24.2 Å². The molecule has 1 fully saturated rings. The molecule has 110 valence electrons. The molecule has 0 spiro atoms. The van der Waals surface area contributed by atoms with Crippen molar-refractivity contribution in [1.82, 2.24) is 10.2 Å². The number of piperazine rings is 1. The molecule has 1 aromatic carbocycles. The highest BCUT2D eigenvalue weighted by atomic mass is 35.5. The molecule has 20 heavy (non-hydrogen) atoms. The molecule has 1 aliphatic rings. The summed E-state index contributed by atoms with van der Waals surface area (Å²) in [4.78, 5) is 24.8. The molecule has 2 amide bonds. The van der Waals surface area contributed by atoms with Gasteiger partial charge < -0.3 is 20.7 Å². The lowest BCUT2D eigenvalue weighted by molar-refractivity contribution is -0.141. The van der Waals surface area contributed by atoms with E-state index in [-0.39, 0.29) is 24.9 Å². The molecular weight excluding hydrogens is 282 g/mol. The molecule has 0 bridgehead atoms. The van der Waals surface area contributed by atoms with E-state index in [1.165, 1.54) is 4.90 Å². The van der Waals surface area contributed by atoms with E-state index in [2.05, 4.69) is 5.32 Å². The monoisotopic (exact) mass is 299 g/mol. The third-order valence-electron chi connectivity index (χ3n) is 3.00. The van der Waals surface area contributed by atoms with E-state index >= 15 is 0 Å². The Morgan fingerprint density at radius 3 is 2.70 bits per heavy atom. The van der Waals surface area contributed by atoms with Crippen molar-refractivity contribution < 1.29 is 14.3 Å². The van der Waals surface area contributed by atoms with Crippen LogP contribution in [0, 0.1) is 0 Å². The summed E-state index contributed by atoms with van der Waals surface area (Å²) in [7, 11) is 0. The van der Waals surface area contributed by atoms with Gasteiger partial charge in [-0.25, -0.2) is 0 Å². The van der Waals surface area contributed by atoms with Crippen molar-refractivity contribution in [3.63, 3.8) is 0 Å². The average Bonchev–Trinajstić information content (AvgIpc) is 2.46. The summed E-state index contributed by atoms with van der Waals surface area (Å²) in [6.07, 6.45) is 0. The van der Waals surface area contributed by atoms with Crippen molar-refractivity contribution in [2.24, 2.45) is 5.73 Å². The van der Waals surface area contributed by atoms with Crippen molar-refractivity contribution in [2.45, 2.75) is 6.04 Å². The van der Waals surface area contributed by atoms with Crippen LogP contribution in [-0.2, 0) is 9.59 Å². The first kappa shape index (κ1) is 16.3. The van der Waals surface area contributed by atoms with Gasteiger partial charge in [0, 0.05) is 19.6 Å². The van der Waals surface area contributed by atoms with Crippen LogP contribution in [0.25, 0.3) is 0 Å². The number of nitrogens with two attached hydrogens (primary N) is 1. The minimum Gasteiger partial charge on any atom is -0.484 e. The first-order chi connectivity index (χ1) is 9.18. The van der Waals surface area contributed by atoms with Gasteiger partial charge in [0.25, 0.3) is 5.91 Å². The topological polar surface area (TPSA) is 84.7 Å². The fourth-order valence-electron chi connectivity index (χ4n) is 2.00. The third-order valence-corrected chi connectivity index (χ3v) is 3.00. The van der Waals surface area contributed by atoms with E-state index in [9.17, 15) is 9.59 Å². The van der Waals surface area contributed by atoms with Crippen molar-refractivity contribution in [1.29, 1.82) is 0 Å². The minimum atomic E-state index is -0.597. The largest absolute Gasteiger partial charge is 0.484 e. The van der Waals surface area contributed by atoms with Gasteiger partial charge >= 0.3 is 0 Å². The number of nitrogens with zero attached hydrogens (tertiary/aromatic N) is 1. The molecule has 1 unspecified atom stereocenters. The van der Waals surface area contributed by atoms with Gasteiger partial charge in [-0.15, -0.1) is 12.4 Å². The van der Waals surface area contributed by atoms with Crippen LogP contribution in [0.15, 0.2) is 30.3 Å². The minimum absolute atomic E-state index is 0. The summed E-state index contributed by atoms with van der Waals surface area (Å²) in [5, 5.41) is 3.04. The van der Waals surface area contributed by atoms with Gasteiger partial charge in [-0.1, -0.05) is 18.2 Å². The van der Waals surface area contributed by atoms with Crippen LogP contribution in [0.5, 0.6) is 5.75 Å². The predicted molar refractivity (Wildman–Crippen MR) is 76.8 cm³/mol. The number of nitrogens with one attached hydrogen (secondary N) is 1. The van der Waals surface area contributed by atoms with E-state index in [0.29, 0.717) is 25.4 Å². The van der Waals surface area contributed by atoms with E-state index in [1.54, 1.807) is 12.1 Å². The highest BCUT2D eigenvalue weighted by Crippen LogP contribution is 2.09. The van der Waals surface area contributed by atoms with Gasteiger partial charge in [-0.3, -0.25) is 9.59 Å². The zero-order valence-corrected chi connectivity index (χ0v) is 11.8. The van der Waals surface area contributed by atoms with Crippen molar-refractivity contribution in [3.05, 3.63) is 30.3 Å². The van der Waals surface area contributed by atoms with E-state index in [0.717, 1.165) is 0 Å². The molecule has 0 aliphatic carbocycles. The molecule has 1 saturated heterocycles. The fourth-order valence-corrected chi connectivity index (χ4v) is 2.00. The molecule has 0 saturated carbocycles. The van der Waals surface area contributed by atoms with Crippen LogP contribution >= 0.6 is 12.4 Å². The molecule has 2 rings (SSSR count). The summed E-state index contributed by atoms with van der Waals surface area (Å²) in [5.74, 6) is -0.101. The van der Waals surface area contributed by atoms with Crippen LogP contribution in [0.3, 0.4) is 0 Å². The van der Waals surface area contributed by atoms with Gasteiger partial charge in [0.05, 0.1) is 0 Å². The molecule has 0 radical (unpaired) electrons. The number of rotatable bonds is 4. The maximum Gasteiger partial charge on any atom is 0.261 e. The predicted octanol–water partition coefficient (Wildman–Crippen LogP) is -0.227. The number of para-hydroxylation sites is 1. The lowest BCUT2D eigenvalue weighted by Gasteiger charge is -2.34. The normalized spacial score (nSPS) is 18.0. The third kappa shape index (κ3) is 4.11. The van der Waals surface area contributed by atoms with Crippen LogP contribution in [-0.4, -0.2) is 49.0 Å². The highest BCUT2D eigenvalue weighted by Gasteiger charge is 2.30. The number of hydrogen-bond acceptors (Lipinski definition) is 4. The fraction of sp³-hybridized carbons (Fsp3) is 0.385. The Labute approximate surface area is 123 Å².